The maximum Gasteiger partial charge on any atom is 0.326 e. The number of carbonyl (C=O) groups is 5. The molecule has 37 heavy (non-hydrogen) atoms. The van der Waals surface area contributed by atoms with Crippen LogP contribution in [0.25, 0.3) is 10.9 Å². The number of para-hydroxylation sites is 1. The van der Waals surface area contributed by atoms with Crippen LogP contribution in [0.2, 0.25) is 0 Å². The van der Waals surface area contributed by atoms with Gasteiger partial charge in [-0.2, -0.15) is 0 Å². The highest BCUT2D eigenvalue weighted by atomic mass is 16.4. The second kappa shape index (κ2) is 11.9. The summed E-state index contributed by atoms with van der Waals surface area (Å²) in [5.74, 6) is -4.41. The maximum atomic E-state index is 13.2. The predicted molar refractivity (Wildman–Crippen MR) is 135 cm³/mol. The first-order valence-corrected chi connectivity index (χ1v) is 12.2. The minimum Gasteiger partial charge on any atom is -0.480 e. The molecule has 1 aromatic carbocycles. The highest BCUT2D eigenvalue weighted by Crippen LogP contribution is 2.22. The molecule has 4 amide bonds. The van der Waals surface area contributed by atoms with E-state index in [1.54, 1.807) is 20.0 Å². The van der Waals surface area contributed by atoms with Crippen molar-refractivity contribution >= 4 is 40.5 Å². The molecule has 0 aliphatic carbocycles. The summed E-state index contributed by atoms with van der Waals surface area (Å²) in [6, 6.07) is 3.28. The number of primary amides is 1. The molecule has 4 atom stereocenters. The Morgan fingerprint density at radius 2 is 1.86 bits per heavy atom. The Morgan fingerprint density at radius 1 is 1.16 bits per heavy atom. The van der Waals surface area contributed by atoms with Crippen molar-refractivity contribution in [3.63, 3.8) is 0 Å². The Labute approximate surface area is 214 Å². The quantitative estimate of drug-likeness (QED) is 0.234. The van der Waals surface area contributed by atoms with Gasteiger partial charge >= 0.3 is 5.97 Å². The summed E-state index contributed by atoms with van der Waals surface area (Å²) in [6.45, 7) is 3.55. The van der Waals surface area contributed by atoms with E-state index in [1.165, 1.54) is 4.90 Å². The average molecular weight is 515 g/mol. The van der Waals surface area contributed by atoms with Crippen LogP contribution in [0.4, 0.5) is 0 Å². The summed E-state index contributed by atoms with van der Waals surface area (Å²) in [6.07, 6.45) is 2.46. The first kappa shape index (κ1) is 27.7. The van der Waals surface area contributed by atoms with E-state index in [0.717, 1.165) is 16.5 Å². The third-order valence-corrected chi connectivity index (χ3v) is 6.54. The maximum absolute atomic E-state index is 13.2. The van der Waals surface area contributed by atoms with E-state index in [9.17, 15) is 29.1 Å². The number of carboxylic acid groups (broad SMARTS) is 1. The van der Waals surface area contributed by atoms with E-state index in [2.05, 4.69) is 15.6 Å². The number of aromatic nitrogens is 1. The van der Waals surface area contributed by atoms with Gasteiger partial charge in [0, 0.05) is 23.6 Å². The van der Waals surface area contributed by atoms with Crippen LogP contribution in [-0.4, -0.2) is 75.3 Å². The number of hydrogen-bond acceptors (Lipinski definition) is 6. The number of carbonyl (C=O) groups excluding carboxylic acids is 4. The standard InChI is InChI=1S/C25H34N6O6/c1-13(2)21(25(36)37)30-22(33)18(11-20(27)32)29-23(34)19-8-5-9-31(19)24(35)16(26)10-14-12-28-17-7-4-3-6-15(14)17/h3-4,6-7,12-13,16,18-19,21,28H,5,8-11,26H2,1-2H3,(H2,27,32)(H,29,34)(H,30,33)(H,36,37). The molecule has 200 valence electrons. The van der Waals surface area contributed by atoms with Crippen LogP contribution in [0, 0.1) is 5.92 Å². The van der Waals surface area contributed by atoms with Crippen LogP contribution in [0.1, 0.15) is 38.7 Å². The van der Waals surface area contributed by atoms with Gasteiger partial charge in [0.15, 0.2) is 0 Å². The number of nitrogens with one attached hydrogen (secondary N) is 3. The number of aromatic amines is 1. The zero-order valence-electron chi connectivity index (χ0n) is 20.9. The number of fused-ring (bicyclic) bond motifs is 1. The molecule has 1 aliphatic rings. The molecule has 0 radical (unpaired) electrons. The summed E-state index contributed by atoms with van der Waals surface area (Å²) in [5.41, 5.74) is 13.3. The van der Waals surface area contributed by atoms with E-state index >= 15 is 0 Å². The van der Waals surface area contributed by atoms with Crippen molar-refractivity contribution in [3.05, 3.63) is 36.0 Å². The van der Waals surface area contributed by atoms with Gasteiger partial charge in [-0.25, -0.2) is 4.79 Å². The number of carboxylic acids is 1. The van der Waals surface area contributed by atoms with Gasteiger partial charge in [0.05, 0.1) is 12.5 Å². The van der Waals surface area contributed by atoms with Crippen LogP contribution in [0.15, 0.2) is 30.5 Å². The van der Waals surface area contributed by atoms with Crippen LogP contribution >= 0.6 is 0 Å². The molecular formula is C25H34N6O6. The minimum absolute atomic E-state index is 0.270. The summed E-state index contributed by atoms with van der Waals surface area (Å²) in [4.78, 5) is 66.7. The van der Waals surface area contributed by atoms with Gasteiger partial charge in [-0.3, -0.25) is 19.2 Å². The molecular weight excluding hydrogens is 480 g/mol. The largest absolute Gasteiger partial charge is 0.480 e. The third kappa shape index (κ3) is 6.64. The summed E-state index contributed by atoms with van der Waals surface area (Å²) >= 11 is 0. The SMILES string of the molecule is CC(C)C(NC(=O)C(CC(N)=O)NC(=O)C1CCCN1C(=O)C(N)Cc1c[nH]c2ccccc12)C(=O)O. The smallest absolute Gasteiger partial charge is 0.326 e. The number of benzene rings is 1. The summed E-state index contributed by atoms with van der Waals surface area (Å²) in [5, 5.41) is 15.1. The van der Waals surface area contributed by atoms with Crippen molar-refractivity contribution in [3.8, 4) is 0 Å². The lowest BCUT2D eigenvalue weighted by molar-refractivity contribution is -0.144. The molecule has 3 rings (SSSR count). The van der Waals surface area contributed by atoms with Gasteiger partial charge in [-0.1, -0.05) is 32.0 Å². The molecule has 0 bridgehead atoms. The molecule has 1 fully saturated rings. The highest BCUT2D eigenvalue weighted by molar-refractivity contribution is 5.96. The first-order valence-electron chi connectivity index (χ1n) is 12.2. The monoisotopic (exact) mass is 514 g/mol. The van der Waals surface area contributed by atoms with Crippen molar-refractivity contribution in [2.24, 2.45) is 17.4 Å². The zero-order valence-corrected chi connectivity index (χ0v) is 20.9. The van der Waals surface area contributed by atoms with Crippen LogP contribution in [0.5, 0.6) is 0 Å². The Bertz CT molecular complexity index is 1180. The zero-order chi connectivity index (χ0) is 27.3. The van der Waals surface area contributed by atoms with Gasteiger partial charge in [-0.05, 0) is 36.8 Å². The highest BCUT2D eigenvalue weighted by Gasteiger charge is 2.38. The van der Waals surface area contributed by atoms with Crippen molar-refractivity contribution in [2.75, 3.05) is 6.54 Å². The predicted octanol–water partition coefficient (Wildman–Crippen LogP) is -0.386. The van der Waals surface area contributed by atoms with E-state index in [1.807, 2.05) is 24.3 Å². The molecule has 1 aliphatic heterocycles. The fraction of sp³-hybridized carbons (Fsp3) is 0.480. The second-order valence-corrected chi connectivity index (χ2v) is 9.66. The molecule has 2 heterocycles. The Balaban J connectivity index is 1.69. The van der Waals surface area contributed by atoms with Crippen molar-refractivity contribution in [1.29, 1.82) is 0 Å². The molecule has 1 aromatic heterocycles. The lowest BCUT2D eigenvalue weighted by Gasteiger charge is -2.28. The number of amides is 4. The van der Waals surface area contributed by atoms with E-state index < -0.39 is 66.1 Å². The molecule has 12 nitrogen and oxygen atoms in total. The molecule has 0 saturated carbocycles. The topological polar surface area (TPSA) is 201 Å². The number of H-pyrrole nitrogens is 1. The van der Waals surface area contributed by atoms with E-state index in [0.29, 0.717) is 19.4 Å². The van der Waals surface area contributed by atoms with Gasteiger partial charge in [-0.15, -0.1) is 0 Å². The molecule has 12 heteroatoms. The van der Waals surface area contributed by atoms with Gasteiger partial charge in [0.2, 0.25) is 23.6 Å². The Morgan fingerprint density at radius 3 is 2.51 bits per heavy atom. The number of nitrogens with zero attached hydrogens (tertiary/aromatic N) is 1. The number of nitrogens with two attached hydrogens (primary N) is 2. The Kier molecular flexibility index (Phi) is 8.87. The van der Waals surface area contributed by atoms with Gasteiger partial charge < -0.3 is 37.1 Å². The lowest BCUT2D eigenvalue weighted by Crippen LogP contribution is -2.58. The number of aliphatic carboxylic acids is 1. The molecule has 2 aromatic rings. The van der Waals surface area contributed by atoms with Crippen molar-refractivity contribution in [2.45, 2.75) is 63.7 Å². The van der Waals surface area contributed by atoms with E-state index in [-0.39, 0.29) is 6.42 Å². The van der Waals surface area contributed by atoms with Crippen molar-refractivity contribution < 1.29 is 29.1 Å². The number of rotatable bonds is 11. The van der Waals surface area contributed by atoms with Gasteiger partial charge in [0.1, 0.15) is 18.1 Å². The number of likely N-dealkylation sites (tertiary alicyclic amines) is 1. The fourth-order valence-electron chi connectivity index (χ4n) is 4.59. The van der Waals surface area contributed by atoms with Crippen LogP contribution in [-0.2, 0) is 30.4 Å². The minimum atomic E-state index is -1.39. The van der Waals surface area contributed by atoms with Gasteiger partial charge in [0.25, 0.3) is 0 Å². The molecule has 0 spiro atoms. The lowest BCUT2D eigenvalue weighted by atomic mass is 10.0. The number of hydrogen-bond donors (Lipinski definition) is 6. The van der Waals surface area contributed by atoms with Crippen LogP contribution in [0.3, 0.4) is 0 Å². The van der Waals surface area contributed by atoms with Crippen LogP contribution < -0.4 is 22.1 Å². The summed E-state index contributed by atoms with van der Waals surface area (Å²) in [7, 11) is 0. The third-order valence-electron chi connectivity index (χ3n) is 6.54. The average Bonchev–Trinajstić information content (AvgIpc) is 3.48. The van der Waals surface area contributed by atoms with E-state index in [4.69, 9.17) is 11.5 Å². The first-order chi connectivity index (χ1) is 17.5. The Hall–Kier alpha value is -3.93. The summed E-state index contributed by atoms with van der Waals surface area (Å²) < 4.78 is 0. The molecule has 4 unspecified atom stereocenters. The second-order valence-electron chi connectivity index (χ2n) is 9.66. The normalized spacial score (nSPS) is 17.8. The molecule has 8 N–H and O–H groups in total. The fourth-order valence-corrected chi connectivity index (χ4v) is 4.59. The van der Waals surface area contributed by atoms with Crippen molar-refractivity contribution in [1.82, 2.24) is 20.5 Å². The molecule has 1 saturated heterocycles.